The van der Waals surface area contributed by atoms with Crippen LogP contribution in [0, 0.1) is 0 Å². The molecule has 1 aliphatic heterocycles. The lowest BCUT2D eigenvalue weighted by Crippen LogP contribution is -2.26. The summed E-state index contributed by atoms with van der Waals surface area (Å²) >= 11 is 9.29. The first-order chi connectivity index (χ1) is 14.5. The average molecular weight is 490 g/mol. The quantitative estimate of drug-likeness (QED) is 0.461. The summed E-state index contributed by atoms with van der Waals surface area (Å²) in [5, 5.41) is 6.74. The molecule has 3 aromatic rings. The Morgan fingerprint density at radius 3 is 2.47 bits per heavy atom. The summed E-state index contributed by atoms with van der Waals surface area (Å²) in [6.45, 7) is 0. The van der Waals surface area contributed by atoms with Crippen molar-refractivity contribution in [3.8, 4) is 11.5 Å². The van der Waals surface area contributed by atoms with E-state index in [1.165, 1.54) is 5.01 Å². The van der Waals surface area contributed by atoms with Gasteiger partial charge in [-0.25, -0.2) is 5.01 Å². The maximum absolute atomic E-state index is 13.1. The van der Waals surface area contributed by atoms with Gasteiger partial charge in [0.1, 0.15) is 0 Å². The fourth-order valence-electron chi connectivity index (χ4n) is 3.37. The fourth-order valence-corrected chi connectivity index (χ4v) is 3.81. The normalized spacial score (nSPS) is 15.8. The minimum Gasteiger partial charge on any atom is -0.493 e. The number of methoxy groups -OCH3 is 2. The van der Waals surface area contributed by atoms with Gasteiger partial charge in [0.25, 0.3) is 0 Å². The van der Waals surface area contributed by atoms with Crippen molar-refractivity contribution in [3.63, 3.8) is 0 Å². The van der Waals surface area contributed by atoms with Gasteiger partial charge in [-0.3, -0.25) is 4.79 Å². The Morgan fingerprint density at radius 1 is 1.10 bits per heavy atom. The number of ether oxygens (including phenoxy) is 2. The molecule has 1 aliphatic rings. The Bertz CT molecular complexity index is 1110. The second kappa shape index (κ2) is 8.53. The maximum atomic E-state index is 13.1. The van der Waals surface area contributed by atoms with Crippen LogP contribution in [0.2, 0.25) is 5.02 Å². The molecule has 154 valence electrons. The lowest BCUT2D eigenvalue weighted by atomic mass is 9.98. The highest BCUT2D eigenvalue weighted by molar-refractivity contribution is 9.10. The van der Waals surface area contributed by atoms with Crippen LogP contribution in [0.4, 0.5) is 0 Å². The van der Waals surface area contributed by atoms with Gasteiger partial charge in [-0.05, 0) is 64.0 Å². The number of hydrogen-bond donors (Lipinski definition) is 0. The summed E-state index contributed by atoms with van der Waals surface area (Å²) in [4.78, 5) is 13.1. The molecule has 0 radical (unpaired) electrons. The predicted octanol–water partition coefficient (Wildman–Crippen LogP) is 5.70. The summed E-state index contributed by atoms with van der Waals surface area (Å²) < 4.78 is 16.7. The number of nitrogens with zero attached hydrogens (tertiary/aromatic N) is 2. The van der Waals surface area contributed by atoms with E-state index in [1.54, 1.807) is 38.5 Å². The van der Waals surface area contributed by atoms with Crippen LogP contribution in [0.5, 0.6) is 11.5 Å². The van der Waals surface area contributed by atoms with E-state index in [2.05, 4.69) is 21.0 Å². The Labute approximate surface area is 187 Å². The van der Waals surface area contributed by atoms with E-state index in [9.17, 15) is 4.79 Å². The highest BCUT2D eigenvalue weighted by Crippen LogP contribution is 2.36. The molecule has 0 bridgehead atoms. The Balaban J connectivity index is 1.73. The van der Waals surface area contributed by atoms with Gasteiger partial charge in [0.05, 0.1) is 26.0 Å². The molecule has 8 heteroatoms. The van der Waals surface area contributed by atoms with Crippen LogP contribution in [0.15, 0.2) is 68.8 Å². The molecule has 0 aliphatic carbocycles. The number of benzene rings is 2. The highest BCUT2D eigenvalue weighted by atomic mass is 79.9. The minimum absolute atomic E-state index is 0.207. The highest BCUT2D eigenvalue weighted by Gasteiger charge is 2.35. The Hall–Kier alpha value is -2.77. The van der Waals surface area contributed by atoms with Gasteiger partial charge in [-0.1, -0.05) is 23.7 Å². The first-order valence-electron chi connectivity index (χ1n) is 9.14. The number of hydrogen-bond acceptors (Lipinski definition) is 5. The molecule has 0 saturated carbocycles. The van der Waals surface area contributed by atoms with Crippen LogP contribution in [-0.2, 0) is 0 Å². The number of amides is 1. The number of carbonyl (C=O) groups is 1. The molecule has 0 N–H and O–H groups in total. The standard InChI is InChI=1S/C22H18BrClN2O4/c1-28-18-8-5-14(11-20(18)29-2)16-12-17(13-3-6-15(24)7-4-13)26(25-16)22(27)19-9-10-21(23)30-19/h3-11,17H,12H2,1-2H3/t17-/m1/s1. The van der Waals surface area contributed by atoms with Crippen LogP contribution >= 0.6 is 27.5 Å². The molecule has 0 fully saturated rings. The van der Waals surface area contributed by atoms with Gasteiger partial charge in [0, 0.05) is 17.0 Å². The van der Waals surface area contributed by atoms with E-state index in [0.29, 0.717) is 27.6 Å². The van der Waals surface area contributed by atoms with Crippen LogP contribution in [0.1, 0.15) is 34.1 Å². The van der Waals surface area contributed by atoms with Crippen molar-refractivity contribution < 1.29 is 18.7 Å². The average Bonchev–Trinajstić information content (AvgIpc) is 3.40. The van der Waals surface area contributed by atoms with E-state index >= 15 is 0 Å². The van der Waals surface area contributed by atoms with Gasteiger partial charge < -0.3 is 13.9 Å². The molecule has 0 spiro atoms. The molecule has 1 aromatic heterocycles. The number of carbonyl (C=O) groups excluding carboxylic acids is 1. The zero-order chi connectivity index (χ0) is 21.3. The molecule has 1 amide bonds. The fraction of sp³-hybridized carbons (Fsp3) is 0.182. The molecule has 0 unspecified atom stereocenters. The zero-order valence-corrected chi connectivity index (χ0v) is 18.6. The van der Waals surface area contributed by atoms with E-state index in [4.69, 9.17) is 25.5 Å². The SMILES string of the molecule is COc1ccc(C2=NN(C(=O)c3ccc(Br)o3)[C@@H](c3ccc(Cl)cc3)C2)cc1OC. The van der Waals surface area contributed by atoms with Crippen molar-refractivity contribution in [2.24, 2.45) is 5.10 Å². The molecule has 2 aromatic carbocycles. The number of halogens is 2. The van der Waals surface area contributed by atoms with E-state index in [1.807, 2.05) is 30.3 Å². The molecule has 4 rings (SSSR count). The summed E-state index contributed by atoms with van der Waals surface area (Å²) in [5.41, 5.74) is 2.54. The van der Waals surface area contributed by atoms with Gasteiger partial charge in [0.2, 0.25) is 0 Å². The summed E-state index contributed by atoms with van der Waals surface area (Å²) in [6.07, 6.45) is 0.532. The van der Waals surface area contributed by atoms with Crippen molar-refractivity contribution >= 4 is 39.1 Å². The Morgan fingerprint density at radius 2 is 1.83 bits per heavy atom. The molecule has 0 saturated heterocycles. The summed E-state index contributed by atoms with van der Waals surface area (Å²) in [7, 11) is 3.17. The third-order valence-electron chi connectivity index (χ3n) is 4.87. The summed E-state index contributed by atoms with van der Waals surface area (Å²) in [6, 6.07) is 16.0. The molecule has 2 heterocycles. The molecular weight excluding hydrogens is 472 g/mol. The van der Waals surface area contributed by atoms with Gasteiger partial charge in [-0.15, -0.1) is 0 Å². The zero-order valence-electron chi connectivity index (χ0n) is 16.3. The van der Waals surface area contributed by atoms with Gasteiger partial charge in [-0.2, -0.15) is 5.10 Å². The number of rotatable bonds is 5. The first-order valence-corrected chi connectivity index (χ1v) is 10.3. The van der Waals surface area contributed by atoms with Crippen LogP contribution in [-0.4, -0.2) is 30.8 Å². The van der Waals surface area contributed by atoms with Crippen LogP contribution in [0.25, 0.3) is 0 Å². The second-order valence-electron chi connectivity index (χ2n) is 6.64. The van der Waals surface area contributed by atoms with Crippen molar-refractivity contribution in [3.05, 3.63) is 81.2 Å². The minimum atomic E-state index is -0.323. The topological polar surface area (TPSA) is 64.3 Å². The monoisotopic (exact) mass is 488 g/mol. The molecule has 30 heavy (non-hydrogen) atoms. The van der Waals surface area contributed by atoms with E-state index in [0.717, 1.165) is 16.8 Å². The van der Waals surface area contributed by atoms with Crippen molar-refractivity contribution in [1.82, 2.24) is 5.01 Å². The van der Waals surface area contributed by atoms with E-state index < -0.39 is 0 Å². The second-order valence-corrected chi connectivity index (χ2v) is 7.86. The molecule has 1 atom stereocenters. The third-order valence-corrected chi connectivity index (χ3v) is 5.55. The van der Waals surface area contributed by atoms with Crippen molar-refractivity contribution in [2.75, 3.05) is 14.2 Å². The number of hydrazone groups is 1. The number of furan rings is 1. The largest absolute Gasteiger partial charge is 0.493 e. The lowest BCUT2D eigenvalue weighted by molar-refractivity contribution is 0.0677. The van der Waals surface area contributed by atoms with Crippen molar-refractivity contribution in [2.45, 2.75) is 12.5 Å². The first kappa shape index (κ1) is 20.5. The van der Waals surface area contributed by atoms with Crippen molar-refractivity contribution in [1.29, 1.82) is 0 Å². The third kappa shape index (κ3) is 3.95. The molecule has 6 nitrogen and oxygen atoms in total. The summed E-state index contributed by atoms with van der Waals surface area (Å²) in [5.74, 6) is 1.11. The smallest absolute Gasteiger partial charge is 0.310 e. The maximum Gasteiger partial charge on any atom is 0.310 e. The molecular formula is C22H18BrClN2O4. The van der Waals surface area contributed by atoms with E-state index in [-0.39, 0.29) is 17.7 Å². The van der Waals surface area contributed by atoms with Gasteiger partial charge in [0.15, 0.2) is 21.9 Å². The lowest BCUT2D eigenvalue weighted by Gasteiger charge is -2.21. The van der Waals surface area contributed by atoms with Crippen LogP contribution in [0.3, 0.4) is 0 Å². The predicted molar refractivity (Wildman–Crippen MR) is 117 cm³/mol. The Kier molecular flexibility index (Phi) is 5.83. The van der Waals surface area contributed by atoms with Gasteiger partial charge >= 0.3 is 5.91 Å². The van der Waals surface area contributed by atoms with Crippen LogP contribution < -0.4 is 9.47 Å².